The third-order valence-electron chi connectivity index (χ3n) is 3.59. The van der Waals surface area contributed by atoms with E-state index in [0.717, 1.165) is 4.88 Å². The van der Waals surface area contributed by atoms with Crippen LogP contribution in [0.2, 0.25) is 5.02 Å². The van der Waals surface area contributed by atoms with Crippen molar-refractivity contribution in [1.82, 2.24) is 0 Å². The molecule has 140 valence electrons. The van der Waals surface area contributed by atoms with Crippen molar-refractivity contribution in [2.45, 2.75) is 20.8 Å². The minimum atomic E-state index is -0.700. The minimum absolute atomic E-state index is 0.205. The van der Waals surface area contributed by atoms with Crippen LogP contribution >= 0.6 is 22.9 Å². The first kappa shape index (κ1) is 20.4. The lowest BCUT2D eigenvalue weighted by molar-refractivity contribution is -0.119. The van der Waals surface area contributed by atoms with Crippen LogP contribution in [-0.2, 0) is 14.3 Å². The maximum absolute atomic E-state index is 12.4. The lowest BCUT2D eigenvalue weighted by Crippen LogP contribution is -2.21. The van der Waals surface area contributed by atoms with Gasteiger partial charge in [0.15, 0.2) is 6.61 Å². The Kier molecular flexibility index (Phi) is 6.55. The van der Waals surface area contributed by atoms with Gasteiger partial charge in [0.2, 0.25) is 5.91 Å². The normalized spacial score (nSPS) is 10.0. The zero-order chi connectivity index (χ0) is 20.1. The monoisotopic (exact) mass is 405 g/mol. The first-order valence-electron chi connectivity index (χ1n) is 7.77. The van der Waals surface area contributed by atoms with Crippen LogP contribution in [0.15, 0.2) is 18.2 Å². The number of halogens is 1. The van der Waals surface area contributed by atoms with Crippen molar-refractivity contribution in [3.8, 4) is 6.07 Å². The number of carbonyl (C=O) groups excluding carboxylic acids is 3. The summed E-state index contributed by atoms with van der Waals surface area (Å²) >= 11 is 7.17. The lowest BCUT2D eigenvalue weighted by Gasteiger charge is -2.09. The first-order chi connectivity index (χ1) is 12.7. The molecule has 0 aliphatic heterocycles. The van der Waals surface area contributed by atoms with Crippen molar-refractivity contribution in [2.75, 3.05) is 17.2 Å². The van der Waals surface area contributed by atoms with Crippen LogP contribution in [0, 0.1) is 25.2 Å². The summed E-state index contributed by atoms with van der Waals surface area (Å²) in [4.78, 5) is 36.5. The van der Waals surface area contributed by atoms with Crippen molar-refractivity contribution in [3.63, 3.8) is 0 Å². The molecule has 0 bridgehead atoms. The molecule has 2 rings (SSSR count). The number of esters is 1. The molecule has 0 saturated heterocycles. The predicted molar refractivity (Wildman–Crippen MR) is 103 cm³/mol. The van der Waals surface area contributed by atoms with E-state index in [0.29, 0.717) is 16.3 Å². The molecule has 0 saturated carbocycles. The quantitative estimate of drug-likeness (QED) is 0.738. The number of hydrogen-bond acceptors (Lipinski definition) is 6. The van der Waals surface area contributed by atoms with E-state index in [1.165, 1.54) is 36.5 Å². The largest absolute Gasteiger partial charge is 0.452 e. The summed E-state index contributed by atoms with van der Waals surface area (Å²) in [6.07, 6.45) is 0. The van der Waals surface area contributed by atoms with Crippen LogP contribution in [0.25, 0.3) is 0 Å². The number of benzene rings is 1. The van der Waals surface area contributed by atoms with Gasteiger partial charge in [0.05, 0.1) is 16.1 Å². The average molecular weight is 406 g/mol. The third-order valence-corrected chi connectivity index (χ3v) is 5.02. The fraction of sp³-hybridized carbons (Fsp3) is 0.222. The van der Waals surface area contributed by atoms with Crippen molar-refractivity contribution in [1.29, 1.82) is 5.26 Å². The Balaban J connectivity index is 2.03. The highest BCUT2D eigenvalue weighted by Gasteiger charge is 2.22. The minimum Gasteiger partial charge on any atom is -0.452 e. The number of aryl methyl sites for hydroxylation is 1. The van der Waals surface area contributed by atoms with Gasteiger partial charge in [0.25, 0.3) is 5.91 Å². The van der Waals surface area contributed by atoms with Crippen LogP contribution in [0.1, 0.15) is 33.3 Å². The van der Waals surface area contributed by atoms with Gasteiger partial charge in [0, 0.05) is 17.5 Å². The van der Waals surface area contributed by atoms with Gasteiger partial charge in [-0.2, -0.15) is 5.26 Å². The second-order valence-electron chi connectivity index (χ2n) is 5.60. The maximum Gasteiger partial charge on any atom is 0.341 e. The zero-order valence-corrected chi connectivity index (χ0v) is 16.4. The van der Waals surface area contributed by atoms with E-state index in [2.05, 4.69) is 10.6 Å². The molecule has 1 aromatic heterocycles. The van der Waals surface area contributed by atoms with Gasteiger partial charge in [0.1, 0.15) is 11.1 Å². The van der Waals surface area contributed by atoms with Gasteiger partial charge >= 0.3 is 5.97 Å². The van der Waals surface area contributed by atoms with Crippen LogP contribution < -0.4 is 10.6 Å². The number of rotatable bonds is 5. The number of anilines is 2. The Morgan fingerprint density at radius 3 is 2.56 bits per heavy atom. The highest BCUT2D eigenvalue weighted by atomic mass is 35.5. The molecule has 1 aromatic carbocycles. The maximum atomic E-state index is 12.4. The van der Waals surface area contributed by atoms with E-state index in [4.69, 9.17) is 21.6 Å². The Labute approximate surface area is 164 Å². The molecule has 0 aliphatic rings. The topological polar surface area (TPSA) is 108 Å². The molecule has 27 heavy (non-hydrogen) atoms. The van der Waals surface area contributed by atoms with Gasteiger partial charge in [-0.3, -0.25) is 9.59 Å². The van der Waals surface area contributed by atoms with Crippen molar-refractivity contribution < 1.29 is 19.1 Å². The van der Waals surface area contributed by atoms with Crippen LogP contribution in [0.3, 0.4) is 0 Å². The molecular weight excluding hydrogens is 390 g/mol. The number of nitriles is 1. The first-order valence-corrected chi connectivity index (χ1v) is 8.96. The molecule has 0 unspecified atom stereocenters. The Morgan fingerprint density at radius 1 is 1.26 bits per heavy atom. The molecule has 0 fully saturated rings. The number of carbonyl (C=O) groups is 3. The number of amides is 2. The number of nitrogens with zero attached hydrogens (tertiary/aromatic N) is 1. The smallest absolute Gasteiger partial charge is 0.341 e. The van der Waals surface area contributed by atoms with E-state index >= 15 is 0 Å². The molecule has 2 aromatic rings. The molecule has 0 atom stereocenters. The van der Waals surface area contributed by atoms with E-state index in [1.54, 1.807) is 6.92 Å². The van der Waals surface area contributed by atoms with Crippen LogP contribution in [0.5, 0.6) is 0 Å². The SMILES string of the molecule is CC(=O)Nc1sc(C)c(C)c1C(=O)OCC(=O)Nc1ccc(C#N)c(Cl)c1. The van der Waals surface area contributed by atoms with E-state index in [9.17, 15) is 14.4 Å². The molecule has 0 radical (unpaired) electrons. The molecular formula is C18H16ClN3O4S. The summed E-state index contributed by atoms with van der Waals surface area (Å²) in [5.74, 6) is -1.57. The molecule has 9 heteroatoms. The highest BCUT2D eigenvalue weighted by Crippen LogP contribution is 2.33. The summed E-state index contributed by atoms with van der Waals surface area (Å²) in [5, 5.41) is 14.6. The average Bonchev–Trinajstić information content (AvgIpc) is 2.86. The van der Waals surface area contributed by atoms with E-state index < -0.39 is 18.5 Å². The standard InChI is InChI=1S/C18H16ClN3O4S/c1-9-10(2)27-17(21-11(3)23)16(9)18(25)26-8-15(24)22-13-5-4-12(7-20)14(19)6-13/h4-6H,8H2,1-3H3,(H,21,23)(H,22,24). The van der Waals surface area contributed by atoms with E-state index in [-0.39, 0.29) is 22.1 Å². The summed E-state index contributed by atoms with van der Waals surface area (Å²) in [6.45, 7) is 4.40. The van der Waals surface area contributed by atoms with Gasteiger partial charge < -0.3 is 15.4 Å². The number of nitrogens with one attached hydrogen (secondary N) is 2. The molecule has 0 aliphatic carbocycles. The molecule has 2 amide bonds. The van der Waals surface area contributed by atoms with Gasteiger partial charge in [-0.25, -0.2) is 4.79 Å². The van der Waals surface area contributed by atoms with Crippen molar-refractivity contribution in [3.05, 3.63) is 44.8 Å². The predicted octanol–water partition coefficient (Wildman–Crippen LogP) is 3.64. The Bertz CT molecular complexity index is 962. The van der Waals surface area contributed by atoms with Gasteiger partial charge in [-0.15, -0.1) is 11.3 Å². The third kappa shape index (κ3) is 5.06. The van der Waals surface area contributed by atoms with Crippen molar-refractivity contribution >= 4 is 51.4 Å². The summed E-state index contributed by atoms with van der Waals surface area (Å²) < 4.78 is 5.07. The Morgan fingerprint density at radius 2 is 1.96 bits per heavy atom. The summed E-state index contributed by atoms with van der Waals surface area (Å²) in [5.41, 5.74) is 1.59. The molecule has 0 spiro atoms. The summed E-state index contributed by atoms with van der Waals surface area (Å²) in [6, 6.07) is 6.34. The summed E-state index contributed by atoms with van der Waals surface area (Å²) in [7, 11) is 0. The van der Waals surface area contributed by atoms with E-state index in [1.807, 2.05) is 13.0 Å². The fourth-order valence-corrected chi connectivity index (χ4v) is 3.52. The second kappa shape index (κ2) is 8.66. The molecule has 1 heterocycles. The van der Waals surface area contributed by atoms with Crippen molar-refractivity contribution in [2.24, 2.45) is 0 Å². The van der Waals surface area contributed by atoms with Gasteiger partial charge in [-0.05, 0) is 37.6 Å². The molecule has 2 N–H and O–H groups in total. The van der Waals surface area contributed by atoms with Crippen LogP contribution in [-0.4, -0.2) is 24.4 Å². The highest BCUT2D eigenvalue weighted by molar-refractivity contribution is 7.16. The fourth-order valence-electron chi connectivity index (χ4n) is 2.20. The van der Waals surface area contributed by atoms with Gasteiger partial charge in [-0.1, -0.05) is 11.6 Å². The molecule has 7 nitrogen and oxygen atoms in total. The number of ether oxygens (including phenoxy) is 1. The number of hydrogen-bond donors (Lipinski definition) is 2. The zero-order valence-electron chi connectivity index (χ0n) is 14.8. The lowest BCUT2D eigenvalue weighted by atomic mass is 10.1. The Hall–Kier alpha value is -2.89. The number of thiophene rings is 1. The second-order valence-corrected chi connectivity index (χ2v) is 7.23. The van der Waals surface area contributed by atoms with Crippen LogP contribution in [0.4, 0.5) is 10.7 Å².